The molecule has 0 radical (unpaired) electrons. The molecule has 4 heterocycles. The van der Waals surface area contributed by atoms with E-state index in [-0.39, 0.29) is 0 Å². The van der Waals surface area contributed by atoms with Crippen LogP contribution in [0.3, 0.4) is 0 Å². The number of fused-ring (bicyclic) bond motifs is 12. The molecular weight excluding hydrogens is 629 g/mol. The zero-order valence-electron chi connectivity index (χ0n) is 27.1. The summed E-state index contributed by atoms with van der Waals surface area (Å²) in [5, 5.41) is 6.30. The molecule has 0 aliphatic rings. The fraction of sp³-hybridized carbons (Fsp3) is 0. The first kappa shape index (κ1) is 27.9. The maximum atomic E-state index is 6.73. The van der Waals surface area contributed by atoms with Crippen molar-refractivity contribution in [3.05, 3.63) is 158 Å². The number of furan rings is 2. The zero-order chi connectivity index (χ0) is 33.5. The van der Waals surface area contributed by atoms with E-state index in [2.05, 4.69) is 77.4 Å². The van der Waals surface area contributed by atoms with Crippen molar-refractivity contribution in [1.82, 2.24) is 19.5 Å². The van der Waals surface area contributed by atoms with Crippen LogP contribution in [-0.2, 0) is 0 Å². The summed E-state index contributed by atoms with van der Waals surface area (Å²) in [5.41, 5.74) is 9.13. The third-order valence-corrected chi connectivity index (χ3v) is 9.82. The number of hydrogen-bond acceptors (Lipinski definition) is 5. The lowest BCUT2D eigenvalue weighted by atomic mass is 10.0. The molecule has 11 aromatic rings. The topological polar surface area (TPSA) is 69.9 Å². The largest absolute Gasteiger partial charge is 0.455 e. The van der Waals surface area contributed by atoms with Gasteiger partial charge in [0.1, 0.15) is 22.3 Å². The number of nitrogens with zero attached hydrogens (tertiary/aromatic N) is 4. The quantitative estimate of drug-likeness (QED) is 0.189. The number of rotatable bonds is 4. The van der Waals surface area contributed by atoms with Gasteiger partial charge in [-0.1, -0.05) is 127 Å². The lowest BCUT2D eigenvalue weighted by Gasteiger charge is -2.12. The van der Waals surface area contributed by atoms with Gasteiger partial charge < -0.3 is 13.4 Å². The predicted molar refractivity (Wildman–Crippen MR) is 205 cm³/mol. The second kappa shape index (κ2) is 10.7. The van der Waals surface area contributed by atoms with Gasteiger partial charge in [-0.15, -0.1) is 0 Å². The lowest BCUT2D eigenvalue weighted by molar-refractivity contribution is 0.665. The first-order valence-corrected chi connectivity index (χ1v) is 17.0. The van der Waals surface area contributed by atoms with E-state index in [1.807, 2.05) is 84.9 Å². The van der Waals surface area contributed by atoms with Crippen LogP contribution in [0.25, 0.3) is 106 Å². The van der Waals surface area contributed by atoms with Gasteiger partial charge in [-0.25, -0.2) is 15.0 Å². The Balaban J connectivity index is 1.24. The van der Waals surface area contributed by atoms with Crippen molar-refractivity contribution >= 4 is 65.7 Å². The Kier molecular flexibility index (Phi) is 5.86. The molecule has 238 valence electrons. The standard InChI is InChI=1S/C45H26N4O2/c1-3-14-27(15-4-1)43-46-44(28-16-5-2-6-17-28)48-45(47-43)29-18-13-19-30(26-29)49-34-23-10-7-20-31(34)37-40(49)38-32-21-8-11-24-35(32)50-42(38)39-33-22-9-12-25-36(33)51-41(37)39/h1-26H. The highest BCUT2D eigenvalue weighted by Crippen LogP contribution is 2.48. The van der Waals surface area contributed by atoms with Crippen LogP contribution in [0.4, 0.5) is 0 Å². The maximum Gasteiger partial charge on any atom is 0.164 e. The average Bonchev–Trinajstić information content (AvgIpc) is 3.88. The van der Waals surface area contributed by atoms with Gasteiger partial charge in [0.2, 0.25) is 0 Å². The smallest absolute Gasteiger partial charge is 0.164 e. The SMILES string of the molecule is c1ccc(-c2nc(-c3ccccc3)nc(-c3cccc(-n4c5ccccc5c5c6oc7ccccc7c6c6oc7ccccc7c6c54)c3)n2)cc1. The fourth-order valence-corrected chi connectivity index (χ4v) is 7.60. The van der Waals surface area contributed by atoms with Crippen LogP contribution in [-0.4, -0.2) is 19.5 Å². The molecule has 6 nitrogen and oxygen atoms in total. The van der Waals surface area contributed by atoms with Crippen LogP contribution in [0.2, 0.25) is 0 Å². The minimum Gasteiger partial charge on any atom is -0.455 e. The highest BCUT2D eigenvalue weighted by atomic mass is 16.3. The normalized spacial score (nSPS) is 11.9. The maximum absolute atomic E-state index is 6.73. The van der Waals surface area contributed by atoms with E-state index in [1.165, 1.54) is 0 Å². The van der Waals surface area contributed by atoms with E-state index in [0.29, 0.717) is 17.5 Å². The Labute approximate surface area is 290 Å². The summed E-state index contributed by atoms with van der Waals surface area (Å²) in [5.74, 6) is 1.85. The molecule has 0 N–H and O–H groups in total. The van der Waals surface area contributed by atoms with E-state index in [9.17, 15) is 0 Å². The van der Waals surface area contributed by atoms with Crippen molar-refractivity contribution in [1.29, 1.82) is 0 Å². The van der Waals surface area contributed by atoms with Gasteiger partial charge in [0.25, 0.3) is 0 Å². The molecule has 0 aliphatic carbocycles. The van der Waals surface area contributed by atoms with Crippen LogP contribution in [0.15, 0.2) is 167 Å². The highest BCUT2D eigenvalue weighted by molar-refractivity contribution is 6.37. The molecule has 4 aromatic heterocycles. The number of hydrogen-bond donors (Lipinski definition) is 0. The monoisotopic (exact) mass is 654 g/mol. The Bertz CT molecular complexity index is 3050. The van der Waals surface area contributed by atoms with Crippen LogP contribution in [0.1, 0.15) is 0 Å². The molecule has 0 atom stereocenters. The zero-order valence-corrected chi connectivity index (χ0v) is 27.1. The molecule has 0 fully saturated rings. The van der Waals surface area contributed by atoms with Gasteiger partial charge in [-0.05, 0) is 30.3 Å². The van der Waals surface area contributed by atoms with Crippen molar-refractivity contribution < 1.29 is 8.83 Å². The summed E-state index contributed by atoms with van der Waals surface area (Å²) in [6.45, 7) is 0. The van der Waals surface area contributed by atoms with E-state index in [1.54, 1.807) is 0 Å². The highest BCUT2D eigenvalue weighted by Gasteiger charge is 2.26. The Hall–Kier alpha value is -7.05. The van der Waals surface area contributed by atoms with E-state index >= 15 is 0 Å². The Morgan fingerprint density at radius 1 is 0.392 bits per heavy atom. The molecule has 51 heavy (non-hydrogen) atoms. The van der Waals surface area contributed by atoms with Crippen molar-refractivity contribution in [3.8, 4) is 39.9 Å². The first-order chi connectivity index (χ1) is 25.3. The molecule has 0 amide bonds. The molecule has 0 aliphatic heterocycles. The molecule has 0 unspecified atom stereocenters. The summed E-state index contributed by atoms with van der Waals surface area (Å²) in [6, 6.07) is 53.6. The summed E-state index contributed by atoms with van der Waals surface area (Å²) < 4.78 is 15.8. The fourth-order valence-electron chi connectivity index (χ4n) is 7.60. The second-order valence-corrected chi connectivity index (χ2v) is 12.8. The van der Waals surface area contributed by atoms with Crippen molar-refractivity contribution in [2.75, 3.05) is 0 Å². The lowest BCUT2D eigenvalue weighted by Crippen LogP contribution is -2.01. The van der Waals surface area contributed by atoms with Gasteiger partial charge >= 0.3 is 0 Å². The van der Waals surface area contributed by atoms with Crippen LogP contribution < -0.4 is 0 Å². The molecule has 6 heteroatoms. The summed E-state index contributed by atoms with van der Waals surface area (Å²) in [6.07, 6.45) is 0. The van der Waals surface area contributed by atoms with Crippen LogP contribution >= 0.6 is 0 Å². The Morgan fingerprint density at radius 3 is 1.49 bits per heavy atom. The summed E-state index contributed by atoms with van der Waals surface area (Å²) >= 11 is 0. The predicted octanol–water partition coefficient (Wildman–Crippen LogP) is 11.8. The minimum absolute atomic E-state index is 0.601. The van der Waals surface area contributed by atoms with Gasteiger partial charge in [0.15, 0.2) is 17.5 Å². The average molecular weight is 655 g/mol. The molecule has 0 saturated heterocycles. The number of aromatic nitrogens is 4. The van der Waals surface area contributed by atoms with E-state index in [4.69, 9.17) is 23.8 Å². The van der Waals surface area contributed by atoms with Gasteiger partial charge in [0.05, 0.1) is 27.2 Å². The van der Waals surface area contributed by atoms with Gasteiger partial charge in [0, 0.05) is 38.5 Å². The molecule has 11 rings (SSSR count). The summed E-state index contributed by atoms with van der Waals surface area (Å²) in [4.78, 5) is 15.0. The molecule has 0 bridgehead atoms. The van der Waals surface area contributed by atoms with Crippen molar-refractivity contribution in [2.45, 2.75) is 0 Å². The number of benzene rings is 7. The first-order valence-electron chi connectivity index (χ1n) is 17.0. The Morgan fingerprint density at radius 2 is 0.863 bits per heavy atom. The van der Waals surface area contributed by atoms with Crippen LogP contribution in [0.5, 0.6) is 0 Å². The third kappa shape index (κ3) is 4.14. The molecule has 0 saturated carbocycles. The summed E-state index contributed by atoms with van der Waals surface area (Å²) in [7, 11) is 0. The third-order valence-electron chi connectivity index (χ3n) is 9.82. The second-order valence-electron chi connectivity index (χ2n) is 12.8. The van der Waals surface area contributed by atoms with Gasteiger partial charge in [-0.2, -0.15) is 0 Å². The molecule has 0 spiro atoms. The van der Waals surface area contributed by atoms with Crippen LogP contribution in [0, 0.1) is 0 Å². The number of para-hydroxylation sites is 3. The minimum atomic E-state index is 0.601. The van der Waals surface area contributed by atoms with E-state index in [0.717, 1.165) is 88.1 Å². The molecule has 7 aromatic carbocycles. The van der Waals surface area contributed by atoms with Gasteiger partial charge in [-0.3, -0.25) is 0 Å². The van der Waals surface area contributed by atoms with E-state index < -0.39 is 0 Å². The van der Waals surface area contributed by atoms with Crippen molar-refractivity contribution in [2.24, 2.45) is 0 Å². The molecular formula is C45H26N4O2. The van der Waals surface area contributed by atoms with Crippen molar-refractivity contribution in [3.63, 3.8) is 0 Å².